The molecule has 2 saturated heterocycles. The monoisotopic (exact) mass is 694 g/mol. The zero-order valence-corrected chi connectivity index (χ0v) is 29.5. The molecule has 260 valence electrons. The van der Waals surface area contributed by atoms with E-state index in [-0.39, 0.29) is 21.9 Å². The van der Waals surface area contributed by atoms with E-state index < -0.39 is 10.0 Å². The Morgan fingerprint density at radius 3 is 2.30 bits per heavy atom. The molecule has 7 rings (SSSR count). The summed E-state index contributed by atoms with van der Waals surface area (Å²) in [6.07, 6.45) is 7.00. The maximum Gasteiger partial charge on any atom is 0.275 e. The van der Waals surface area contributed by atoms with Gasteiger partial charge in [-0.15, -0.1) is 0 Å². The number of hydrogen-bond donors (Lipinski definition) is 0. The summed E-state index contributed by atoms with van der Waals surface area (Å²) < 4.78 is 35.6. The van der Waals surface area contributed by atoms with Gasteiger partial charge in [0.15, 0.2) is 0 Å². The van der Waals surface area contributed by atoms with Crippen molar-refractivity contribution in [2.45, 2.75) is 30.6 Å². The number of rotatable bonds is 9. The molecule has 0 unspecified atom stereocenters. The molecule has 5 heterocycles. The quantitative estimate of drug-likeness (QED) is 0.222. The number of carbonyl (C=O) groups is 1. The molecule has 0 saturated carbocycles. The van der Waals surface area contributed by atoms with Gasteiger partial charge in [-0.2, -0.15) is 0 Å². The third-order valence-electron chi connectivity index (χ3n) is 10.0. The van der Waals surface area contributed by atoms with Crippen LogP contribution < -0.4 is 15.2 Å². The Morgan fingerprint density at radius 1 is 0.880 bits per heavy atom. The summed E-state index contributed by atoms with van der Waals surface area (Å²) >= 11 is 0. The summed E-state index contributed by atoms with van der Waals surface area (Å²) in [5, 5.41) is 0.557. The average Bonchev–Trinajstić information content (AvgIpc) is 3.59. The summed E-state index contributed by atoms with van der Waals surface area (Å²) in [5.74, 6) is 2.34. The predicted molar refractivity (Wildman–Crippen MR) is 194 cm³/mol. The molecule has 2 fully saturated rings. The first-order valence-electron chi connectivity index (χ1n) is 17.0. The van der Waals surface area contributed by atoms with Crippen LogP contribution in [-0.4, -0.2) is 90.6 Å². The molecule has 0 spiro atoms. The Morgan fingerprint density at radius 2 is 1.62 bits per heavy atom. The molecule has 0 N–H and O–H groups in total. The fraction of sp³-hybridized carbons (Fsp3) is 0.342. The average molecular weight is 695 g/mol. The topological polar surface area (TPSA) is 110 Å². The molecule has 0 radical (unpaired) electrons. The van der Waals surface area contributed by atoms with Gasteiger partial charge in [0.25, 0.3) is 15.6 Å². The lowest BCUT2D eigenvalue weighted by Gasteiger charge is -2.33. The summed E-state index contributed by atoms with van der Waals surface area (Å²) in [6.45, 7) is 7.02. The molecule has 11 nitrogen and oxygen atoms in total. The Hall–Kier alpha value is -4.94. The van der Waals surface area contributed by atoms with Gasteiger partial charge >= 0.3 is 0 Å². The number of pyridine rings is 2. The van der Waals surface area contributed by atoms with Gasteiger partial charge < -0.3 is 19.1 Å². The molecule has 0 aliphatic carbocycles. The number of piperazine rings is 1. The third-order valence-corrected chi connectivity index (χ3v) is 11.7. The van der Waals surface area contributed by atoms with Crippen molar-refractivity contribution >= 4 is 32.7 Å². The van der Waals surface area contributed by atoms with Crippen molar-refractivity contribution in [2.75, 3.05) is 57.8 Å². The minimum absolute atomic E-state index is 0.111. The van der Waals surface area contributed by atoms with E-state index in [1.165, 1.54) is 16.3 Å². The van der Waals surface area contributed by atoms with Crippen molar-refractivity contribution in [3.8, 4) is 16.9 Å². The van der Waals surface area contributed by atoms with Crippen LogP contribution in [0.3, 0.4) is 0 Å². The minimum atomic E-state index is -3.97. The van der Waals surface area contributed by atoms with Crippen LogP contribution in [0, 0.1) is 6.92 Å². The number of anilines is 1. The first-order valence-corrected chi connectivity index (χ1v) is 18.5. The van der Waals surface area contributed by atoms with Crippen molar-refractivity contribution in [3.05, 3.63) is 107 Å². The van der Waals surface area contributed by atoms with E-state index in [1.54, 1.807) is 54.7 Å². The highest BCUT2D eigenvalue weighted by Crippen LogP contribution is 2.33. The van der Waals surface area contributed by atoms with E-state index in [4.69, 9.17) is 9.72 Å². The number of aromatic nitrogens is 3. The van der Waals surface area contributed by atoms with Crippen LogP contribution in [0.25, 0.3) is 22.0 Å². The highest BCUT2D eigenvalue weighted by Gasteiger charge is 2.25. The second-order valence-corrected chi connectivity index (χ2v) is 15.1. The first-order chi connectivity index (χ1) is 24.1. The Balaban J connectivity index is 0.991. The number of benzene rings is 2. The summed E-state index contributed by atoms with van der Waals surface area (Å²) in [7, 11) is -0.497. The Kier molecular flexibility index (Phi) is 9.23. The van der Waals surface area contributed by atoms with Gasteiger partial charge in [-0.3, -0.25) is 14.5 Å². The second kappa shape index (κ2) is 13.8. The zero-order chi connectivity index (χ0) is 35.0. The molecule has 3 aromatic heterocycles. The number of nitrogens with zero attached hydrogens (tertiary/aromatic N) is 6. The molecule has 5 aromatic rings. The number of fused-ring (bicyclic) bond motifs is 1. The molecule has 50 heavy (non-hydrogen) atoms. The van der Waals surface area contributed by atoms with Crippen LogP contribution in [-0.2, 0) is 21.9 Å². The number of likely N-dealkylation sites (N-methyl/N-ethyl adjacent to an activating group) is 1. The number of hydrogen-bond acceptors (Lipinski definition) is 8. The van der Waals surface area contributed by atoms with Gasteiger partial charge in [-0.25, -0.2) is 17.4 Å². The Bertz CT molecular complexity index is 2170. The Labute approximate surface area is 292 Å². The number of amides is 1. The number of ether oxygens (including phenoxy) is 1. The van der Waals surface area contributed by atoms with E-state index in [9.17, 15) is 18.0 Å². The second-order valence-electron chi connectivity index (χ2n) is 13.3. The lowest BCUT2D eigenvalue weighted by Crippen LogP contribution is -2.49. The molecule has 1 amide bonds. The smallest absolute Gasteiger partial charge is 0.275 e. The minimum Gasteiger partial charge on any atom is -0.492 e. The largest absolute Gasteiger partial charge is 0.492 e. The molecule has 2 aromatic carbocycles. The van der Waals surface area contributed by atoms with E-state index in [2.05, 4.69) is 21.9 Å². The molecule has 0 bridgehead atoms. The van der Waals surface area contributed by atoms with Gasteiger partial charge in [0, 0.05) is 81.9 Å². The first kappa shape index (κ1) is 33.6. The molecular formula is C38H42N6O5S. The maximum atomic E-state index is 13.6. The van der Waals surface area contributed by atoms with Crippen molar-refractivity contribution in [1.29, 1.82) is 0 Å². The highest BCUT2D eigenvalue weighted by atomic mass is 32.2. The highest BCUT2D eigenvalue weighted by molar-refractivity contribution is 7.90. The molecular weight excluding hydrogens is 653 g/mol. The molecule has 2 aliphatic heterocycles. The van der Waals surface area contributed by atoms with Crippen molar-refractivity contribution in [3.63, 3.8) is 0 Å². The van der Waals surface area contributed by atoms with Gasteiger partial charge in [-0.1, -0.05) is 29.8 Å². The molecule has 12 heteroatoms. The summed E-state index contributed by atoms with van der Waals surface area (Å²) in [5.41, 5.74) is 3.51. The van der Waals surface area contributed by atoms with Crippen LogP contribution in [0.2, 0.25) is 0 Å². The number of aryl methyl sites for hydroxylation is 2. The van der Waals surface area contributed by atoms with Crippen molar-refractivity contribution < 1.29 is 17.9 Å². The lowest BCUT2D eigenvalue weighted by molar-refractivity contribution is -0.134. The van der Waals surface area contributed by atoms with Crippen LogP contribution in [0.15, 0.2) is 95.0 Å². The van der Waals surface area contributed by atoms with Gasteiger partial charge in [0.2, 0.25) is 5.91 Å². The van der Waals surface area contributed by atoms with Crippen LogP contribution in [0.4, 0.5) is 5.82 Å². The molecule has 2 aliphatic rings. The van der Waals surface area contributed by atoms with Gasteiger partial charge in [-0.05, 0) is 73.7 Å². The van der Waals surface area contributed by atoms with E-state index in [1.807, 2.05) is 38.2 Å². The van der Waals surface area contributed by atoms with Gasteiger partial charge in [0.05, 0.1) is 11.4 Å². The maximum absolute atomic E-state index is 13.6. The number of piperidine rings is 1. The van der Waals surface area contributed by atoms with Crippen LogP contribution >= 0.6 is 0 Å². The SMILES string of the molecule is Cc1ccc(S(=O)(=O)n2ccc3c(-c4ccc(N5CCC(c6ccc(OCCN7CCN(C)C(=O)C7)cc6)CC5)nc4)cn(C)c(=O)c32)cc1. The van der Waals surface area contributed by atoms with E-state index in [0.717, 1.165) is 77.8 Å². The van der Waals surface area contributed by atoms with E-state index >= 15 is 0 Å². The predicted octanol–water partition coefficient (Wildman–Crippen LogP) is 4.48. The van der Waals surface area contributed by atoms with Crippen LogP contribution in [0.5, 0.6) is 5.75 Å². The summed E-state index contributed by atoms with van der Waals surface area (Å²) in [4.78, 5) is 36.3. The zero-order valence-electron chi connectivity index (χ0n) is 28.7. The van der Waals surface area contributed by atoms with Crippen LogP contribution in [0.1, 0.15) is 29.9 Å². The lowest BCUT2D eigenvalue weighted by atomic mass is 9.89. The molecule has 0 atom stereocenters. The van der Waals surface area contributed by atoms with Crippen molar-refractivity contribution in [1.82, 2.24) is 23.3 Å². The fourth-order valence-electron chi connectivity index (χ4n) is 6.89. The summed E-state index contributed by atoms with van der Waals surface area (Å²) in [6, 6.07) is 20.7. The van der Waals surface area contributed by atoms with Crippen molar-refractivity contribution in [2.24, 2.45) is 7.05 Å². The van der Waals surface area contributed by atoms with E-state index in [0.29, 0.717) is 24.5 Å². The van der Waals surface area contributed by atoms with Gasteiger partial charge in [0.1, 0.15) is 23.7 Å². The standard InChI is InChI=1S/C38H42N6O5S/c1-27-4-11-32(12-5-27)50(47,48)44-19-16-33-34(25-41(3)38(46)37(33)44)30-8-13-35(39-24-30)43-17-14-29(15-18-43)28-6-9-31(10-7-28)49-23-22-42-21-20-40(2)36(45)26-42/h4-13,16,19,24-25,29H,14-15,17-18,20-23,26H2,1-3H3. The third kappa shape index (κ3) is 6.65. The fourth-order valence-corrected chi connectivity index (χ4v) is 8.23. The normalized spacial score (nSPS) is 16.3. The number of carbonyl (C=O) groups excluding carboxylic acids is 1.